The largest absolute Gasteiger partial charge is 0.469 e. The van der Waals surface area contributed by atoms with E-state index in [2.05, 4.69) is 6.07 Å². The average molecular weight is 459 g/mol. The summed E-state index contributed by atoms with van der Waals surface area (Å²) in [7, 11) is 1.39. The molecule has 180 valence electrons. The summed E-state index contributed by atoms with van der Waals surface area (Å²) in [5.74, 6) is -0.393. The van der Waals surface area contributed by atoms with Crippen LogP contribution in [0, 0.1) is 5.92 Å². The van der Waals surface area contributed by atoms with Gasteiger partial charge in [-0.25, -0.2) is 19.6 Å². The van der Waals surface area contributed by atoms with Crippen molar-refractivity contribution in [2.24, 2.45) is 5.92 Å². The van der Waals surface area contributed by atoms with Crippen LogP contribution in [0.25, 0.3) is 0 Å². The van der Waals surface area contributed by atoms with Gasteiger partial charge in [0.05, 0.1) is 25.6 Å². The molecule has 1 heterocycles. The van der Waals surface area contributed by atoms with Crippen LogP contribution in [0.4, 0.5) is 9.59 Å². The molecule has 8 nitrogen and oxygen atoms in total. The van der Waals surface area contributed by atoms with Gasteiger partial charge in [0.15, 0.2) is 0 Å². The van der Waals surface area contributed by atoms with E-state index in [1.54, 1.807) is 41.5 Å². The summed E-state index contributed by atoms with van der Waals surface area (Å²) >= 11 is 0. The zero-order valence-electron chi connectivity index (χ0n) is 20.5. The van der Waals surface area contributed by atoms with Crippen LogP contribution in [0.1, 0.15) is 77.3 Å². The molecule has 33 heavy (non-hydrogen) atoms. The van der Waals surface area contributed by atoms with E-state index in [9.17, 15) is 14.4 Å². The molecule has 1 aliphatic heterocycles. The number of ether oxygens (including phenoxy) is 3. The zero-order chi connectivity index (χ0) is 24.3. The number of hydrogen-bond acceptors (Lipinski definition) is 6. The maximum absolute atomic E-state index is 13.3. The van der Waals surface area contributed by atoms with E-state index in [0.717, 1.165) is 11.1 Å². The van der Waals surface area contributed by atoms with E-state index in [-0.39, 0.29) is 42.2 Å². The van der Waals surface area contributed by atoms with E-state index in [1.807, 2.05) is 18.2 Å². The summed E-state index contributed by atoms with van der Waals surface area (Å²) in [6.45, 7) is 10.8. The van der Waals surface area contributed by atoms with Gasteiger partial charge in [-0.05, 0) is 65.0 Å². The summed E-state index contributed by atoms with van der Waals surface area (Å²) < 4.78 is 16.4. The van der Waals surface area contributed by atoms with Crippen LogP contribution in [0.3, 0.4) is 0 Å². The third-order valence-electron chi connectivity index (χ3n) is 6.61. The highest BCUT2D eigenvalue weighted by Gasteiger charge is 2.65. The molecule has 0 N–H and O–H groups in total. The summed E-state index contributed by atoms with van der Waals surface area (Å²) in [5.41, 5.74) is 0.782. The molecule has 2 fully saturated rings. The van der Waals surface area contributed by atoms with Gasteiger partial charge in [0.1, 0.15) is 11.2 Å². The molecule has 2 aliphatic carbocycles. The highest BCUT2D eigenvalue weighted by atomic mass is 16.6. The van der Waals surface area contributed by atoms with Gasteiger partial charge in [0.25, 0.3) is 0 Å². The zero-order valence-corrected chi connectivity index (χ0v) is 20.5. The Morgan fingerprint density at radius 3 is 1.91 bits per heavy atom. The fourth-order valence-corrected chi connectivity index (χ4v) is 5.75. The Morgan fingerprint density at radius 1 is 0.879 bits per heavy atom. The number of nitrogens with zero attached hydrogens (tertiary/aromatic N) is 2. The number of carbonyl (C=O) groups is 3. The van der Waals surface area contributed by atoms with E-state index < -0.39 is 23.4 Å². The first-order valence-electron chi connectivity index (χ1n) is 11.5. The lowest BCUT2D eigenvalue weighted by atomic mass is 9.83. The number of fused-ring (bicyclic) bond motifs is 7. The molecule has 2 bridgehead atoms. The summed E-state index contributed by atoms with van der Waals surface area (Å²) in [4.78, 5) is 39.0. The van der Waals surface area contributed by atoms with Crippen molar-refractivity contribution in [3.63, 3.8) is 0 Å². The van der Waals surface area contributed by atoms with Crippen LogP contribution < -0.4 is 0 Å². The smallest absolute Gasteiger partial charge is 0.429 e. The van der Waals surface area contributed by atoms with Gasteiger partial charge in [-0.1, -0.05) is 24.3 Å². The molecule has 0 aromatic heterocycles. The number of benzene rings is 1. The number of carbonyl (C=O) groups excluding carboxylic acids is 3. The molecular formula is C25H34N2O6. The maximum Gasteiger partial charge on any atom is 0.429 e. The Morgan fingerprint density at radius 2 is 1.39 bits per heavy atom. The minimum Gasteiger partial charge on any atom is -0.469 e. The van der Waals surface area contributed by atoms with Crippen LogP contribution in [0.5, 0.6) is 0 Å². The Bertz CT molecular complexity index is 962. The number of hydrogen-bond donors (Lipinski definition) is 0. The Labute approximate surface area is 195 Å². The first-order valence-corrected chi connectivity index (χ1v) is 11.5. The quantitative estimate of drug-likeness (QED) is 0.476. The minimum atomic E-state index is -0.720. The molecule has 5 atom stereocenters. The lowest BCUT2D eigenvalue weighted by Gasteiger charge is -2.44. The summed E-state index contributed by atoms with van der Waals surface area (Å²) in [6, 6.07) is 7.50. The number of amides is 2. The van der Waals surface area contributed by atoms with Gasteiger partial charge in [-0.2, -0.15) is 0 Å². The highest BCUT2D eigenvalue weighted by Crippen LogP contribution is 2.62. The van der Waals surface area contributed by atoms with Crippen LogP contribution >= 0.6 is 0 Å². The van der Waals surface area contributed by atoms with Crippen LogP contribution in [0.15, 0.2) is 24.3 Å². The van der Waals surface area contributed by atoms with Crippen molar-refractivity contribution < 1.29 is 28.6 Å². The third kappa shape index (κ3) is 4.15. The van der Waals surface area contributed by atoms with Crippen LogP contribution in [0.2, 0.25) is 0 Å². The third-order valence-corrected chi connectivity index (χ3v) is 6.61. The van der Waals surface area contributed by atoms with Crippen molar-refractivity contribution >= 4 is 18.2 Å². The Kier molecular flexibility index (Phi) is 5.61. The van der Waals surface area contributed by atoms with Gasteiger partial charge >= 0.3 is 18.2 Å². The molecule has 2 amide bonds. The molecule has 3 aliphatic rings. The molecule has 1 saturated heterocycles. The number of hydrazine groups is 1. The van der Waals surface area contributed by atoms with Crippen molar-refractivity contribution in [3.8, 4) is 0 Å². The average Bonchev–Trinajstić information content (AvgIpc) is 3.34. The van der Waals surface area contributed by atoms with Crippen LogP contribution in [-0.2, 0) is 19.0 Å². The lowest BCUT2D eigenvalue weighted by molar-refractivity contribution is -0.142. The van der Waals surface area contributed by atoms with Gasteiger partial charge in [-0.15, -0.1) is 0 Å². The van der Waals surface area contributed by atoms with Crippen molar-refractivity contribution in [3.05, 3.63) is 35.4 Å². The molecular weight excluding hydrogens is 424 g/mol. The second-order valence-electron chi connectivity index (χ2n) is 11.1. The van der Waals surface area contributed by atoms with Crippen LogP contribution in [-0.4, -0.2) is 58.6 Å². The molecule has 0 spiro atoms. The van der Waals surface area contributed by atoms with E-state index in [0.29, 0.717) is 6.42 Å². The summed E-state index contributed by atoms with van der Waals surface area (Å²) in [5, 5.41) is 2.91. The van der Waals surface area contributed by atoms with Crippen molar-refractivity contribution in [1.29, 1.82) is 0 Å². The van der Waals surface area contributed by atoms with Crippen molar-refractivity contribution in [1.82, 2.24) is 10.0 Å². The van der Waals surface area contributed by atoms with E-state index in [1.165, 1.54) is 17.1 Å². The molecule has 0 radical (unpaired) electrons. The van der Waals surface area contributed by atoms with Gasteiger partial charge in [0, 0.05) is 11.8 Å². The molecule has 4 rings (SSSR count). The standard InChI is InChI=1S/C25H34N2O6/c1-24(2,3)32-22(29)26-17-13-18(27(26)23(30)33-25(4,5)6)21-16(12-19(28)31-7)14-10-8-9-11-15(14)20(17)21/h8-11,16-18,20-21H,12-13H2,1-7H3/t16-,17-,18+,20+,21-/m1/s1. The minimum absolute atomic E-state index is 0.00654. The Balaban J connectivity index is 1.75. The number of esters is 1. The topological polar surface area (TPSA) is 85.4 Å². The molecule has 8 heteroatoms. The van der Waals surface area contributed by atoms with Crippen molar-refractivity contribution in [2.45, 2.75) is 89.5 Å². The second kappa shape index (κ2) is 7.92. The first-order chi connectivity index (χ1) is 15.3. The van der Waals surface area contributed by atoms with Crippen molar-refractivity contribution in [2.75, 3.05) is 7.11 Å². The van der Waals surface area contributed by atoms with Gasteiger partial charge < -0.3 is 14.2 Å². The maximum atomic E-state index is 13.3. The normalized spacial score (nSPS) is 27.8. The van der Waals surface area contributed by atoms with E-state index >= 15 is 0 Å². The predicted molar refractivity (Wildman–Crippen MR) is 120 cm³/mol. The SMILES string of the molecule is COC(=O)C[C@@H]1c2ccccc2[C@@H]2[C@H]1[C@@H]1C[C@H]2N(C(=O)OC(C)(C)C)N1C(=O)OC(C)(C)C. The number of methoxy groups -OCH3 is 1. The lowest BCUT2D eigenvalue weighted by Crippen LogP contribution is -2.59. The van der Waals surface area contributed by atoms with E-state index in [4.69, 9.17) is 14.2 Å². The number of rotatable bonds is 2. The highest BCUT2D eigenvalue weighted by molar-refractivity contribution is 5.78. The summed E-state index contributed by atoms with van der Waals surface area (Å²) in [6.07, 6.45) is -0.299. The first kappa shape index (κ1) is 23.4. The molecule has 1 aromatic carbocycles. The van der Waals surface area contributed by atoms with Gasteiger partial charge in [0.2, 0.25) is 0 Å². The predicted octanol–water partition coefficient (Wildman–Crippen LogP) is 4.59. The van der Waals surface area contributed by atoms with Gasteiger partial charge in [-0.3, -0.25) is 4.79 Å². The Hall–Kier alpha value is -2.77. The molecule has 0 unspecified atom stereocenters. The fraction of sp³-hybridized carbons (Fsp3) is 0.640. The monoisotopic (exact) mass is 458 g/mol. The second-order valence-corrected chi connectivity index (χ2v) is 11.1. The fourth-order valence-electron chi connectivity index (χ4n) is 5.75. The molecule has 1 saturated carbocycles. The molecule has 1 aromatic rings.